The van der Waals surface area contributed by atoms with E-state index in [1.807, 2.05) is 0 Å². The van der Waals surface area contributed by atoms with Crippen LogP contribution in [0.2, 0.25) is 0 Å². The Labute approximate surface area is 303 Å². The molecule has 9 aromatic carbocycles. The molecule has 0 saturated heterocycles. The number of hydrogen-bond acceptors (Lipinski definition) is 1. The molecule has 0 N–H and O–H groups in total. The lowest BCUT2D eigenvalue weighted by Gasteiger charge is -2.29. The molecule has 0 aliphatic heterocycles. The lowest BCUT2D eigenvalue weighted by Crippen LogP contribution is -2.11. The minimum absolute atomic E-state index is 1.11. The van der Waals surface area contributed by atoms with Crippen molar-refractivity contribution in [3.63, 3.8) is 0 Å². The van der Waals surface area contributed by atoms with Crippen LogP contribution in [0.5, 0.6) is 0 Å². The summed E-state index contributed by atoms with van der Waals surface area (Å²) in [4.78, 5) is 2.39. The lowest BCUT2D eigenvalue weighted by atomic mass is 9.90. The van der Waals surface area contributed by atoms with E-state index in [0.717, 1.165) is 28.3 Å². The molecule has 0 fully saturated rings. The molecule has 1 heterocycles. The molecule has 10 aromatic rings. The molecule has 2 heteroatoms. The predicted octanol–water partition coefficient (Wildman–Crippen LogP) is 13.9. The summed E-state index contributed by atoms with van der Waals surface area (Å²) < 4.78 is 2.43. The fourth-order valence-electron chi connectivity index (χ4n) is 8.07. The van der Waals surface area contributed by atoms with Crippen molar-refractivity contribution in [3.8, 4) is 27.9 Å². The molecule has 0 radical (unpaired) electrons. The zero-order valence-corrected chi connectivity index (χ0v) is 28.5. The Morgan fingerprint density at radius 2 is 0.846 bits per heavy atom. The predicted molar refractivity (Wildman–Crippen MR) is 221 cm³/mol. The van der Waals surface area contributed by atoms with Gasteiger partial charge in [0.15, 0.2) is 0 Å². The zero-order valence-electron chi connectivity index (χ0n) is 28.5. The summed E-state index contributed by atoms with van der Waals surface area (Å²) in [6.07, 6.45) is 0. The van der Waals surface area contributed by atoms with E-state index in [0.29, 0.717) is 0 Å². The SMILES string of the molecule is c1ccc(N(c2ccccc2)c2ccc(-c3ccccc3-n3c4ccccc4c4ccccc43)cc2-c2cc3ccccc3c3ccccc23)cc1. The van der Waals surface area contributed by atoms with E-state index in [4.69, 9.17) is 0 Å². The second-order valence-electron chi connectivity index (χ2n) is 13.3. The summed E-state index contributed by atoms with van der Waals surface area (Å²) in [5, 5.41) is 7.49. The third-order valence-electron chi connectivity index (χ3n) is 10.4. The van der Waals surface area contributed by atoms with E-state index in [1.54, 1.807) is 0 Å². The molecule has 0 saturated carbocycles. The zero-order chi connectivity index (χ0) is 34.4. The first-order valence-electron chi connectivity index (χ1n) is 17.9. The number of para-hydroxylation sites is 5. The maximum absolute atomic E-state index is 2.43. The number of hydrogen-bond donors (Lipinski definition) is 0. The molecule has 0 atom stereocenters. The van der Waals surface area contributed by atoms with Crippen molar-refractivity contribution in [2.75, 3.05) is 4.90 Å². The van der Waals surface area contributed by atoms with Gasteiger partial charge in [-0.05, 0) is 93.3 Å². The Morgan fingerprint density at radius 1 is 0.327 bits per heavy atom. The van der Waals surface area contributed by atoms with Gasteiger partial charge in [-0.3, -0.25) is 0 Å². The summed E-state index contributed by atoms with van der Waals surface area (Å²) in [6.45, 7) is 0. The van der Waals surface area contributed by atoms with Crippen LogP contribution >= 0.6 is 0 Å². The van der Waals surface area contributed by atoms with Gasteiger partial charge in [0.25, 0.3) is 0 Å². The first-order valence-corrected chi connectivity index (χ1v) is 17.9. The average molecular weight is 663 g/mol. The Kier molecular flexibility index (Phi) is 7.18. The maximum Gasteiger partial charge on any atom is 0.0541 e. The molecule has 0 unspecified atom stereocenters. The minimum atomic E-state index is 1.11. The van der Waals surface area contributed by atoms with Gasteiger partial charge in [-0.2, -0.15) is 0 Å². The molecule has 244 valence electrons. The highest BCUT2D eigenvalue weighted by Crippen LogP contribution is 2.46. The smallest absolute Gasteiger partial charge is 0.0541 e. The highest BCUT2D eigenvalue weighted by atomic mass is 15.1. The Balaban J connectivity index is 1.29. The van der Waals surface area contributed by atoms with Crippen LogP contribution in [0.4, 0.5) is 17.1 Å². The van der Waals surface area contributed by atoms with Crippen LogP contribution in [0.3, 0.4) is 0 Å². The molecule has 1 aromatic heterocycles. The normalized spacial score (nSPS) is 11.5. The van der Waals surface area contributed by atoms with Gasteiger partial charge in [-0.15, -0.1) is 0 Å². The van der Waals surface area contributed by atoms with Crippen LogP contribution in [0.1, 0.15) is 0 Å². The van der Waals surface area contributed by atoms with Crippen molar-refractivity contribution in [1.82, 2.24) is 4.57 Å². The Morgan fingerprint density at radius 3 is 1.52 bits per heavy atom. The van der Waals surface area contributed by atoms with E-state index in [-0.39, 0.29) is 0 Å². The molecule has 2 nitrogen and oxygen atoms in total. The van der Waals surface area contributed by atoms with Gasteiger partial charge in [0, 0.05) is 33.3 Å². The minimum Gasteiger partial charge on any atom is -0.310 e. The van der Waals surface area contributed by atoms with Gasteiger partial charge in [0.2, 0.25) is 0 Å². The van der Waals surface area contributed by atoms with Gasteiger partial charge in [-0.1, -0.05) is 146 Å². The second kappa shape index (κ2) is 12.5. The fraction of sp³-hybridized carbons (Fsp3) is 0. The molecule has 0 amide bonds. The van der Waals surface area contributed by atoms with Crippen LogP contribution in [0.25, 0.3) is 71.3 Å². The number of anilines is 3. The topological polar surface area (TPSA) is 8.17 Å². The largest absolute Gasteiger partial charge is 0.310 e. The van der Waals surface area contributed by atoms with Crippen molar-refractivity contribution in [2.45, 2.75) is 0 Å². The van der Waals surface area contributed by atoms with E-state index in [2.05, 4.69) is 216 Å². The summed E-state index contributed by atoms with van der Waals surface area (Å²) in [5.74, 6) is 0. The van der Waals surface area contributed by atoms with Crippen molar-refractivity contribution in [3.05, 3.63) is 206 Å². The first kappa shape index (κ1) is 30.0. The monoisotopic (exact) mass is 662 g/mol. The van der Waals surface area contributed by atoms with Crippen LogP contribution in [0, 0.1) is 0 Å². The third-order valence-corrected chi connectivity index (χ3v) is 10.4. The number of benzene rings is 9. The van der Waals surface area contributed by atoms with Crippen molar-refractivity contribution in [1.29, 1.82) is 0 Å². The van der Waals surface area contributed by atoms with E-state index >= 15 is 0 Å². The quantitative estimate of drug-likeness (QED) is 0.161. The highest BCUT2D eigenvalue weighted by Gasteiger charge is 2.22. The van der Waals surface area contributed by atoms with Gasteiger partial charge in [0.05, 0.1) is 22.4 Å². The van der Waals surface area contributed by atoms with Crippen LogP contribution in [0.15, 0.2) is 206 Å². The molecule has 10 rings (SSSR count). The fourth-order valence-corrected chi connectivity index (χ4v) is 8.07. The maximum atomic E-state index is 2.43. The van der Waals surface area contributed by atoms with E-state index in [1.165, 1.54) is 60.0 Å². The highest BCUT2D eigenvalue weighted by molar-refractivity contribution is 6.15. The summed E-state index contributed by atoms with van der Waals surface area (Å²) >= 11 is 0. The summed E-state index contributed by atoms with van der Waals surface area (Å²) in [7, 11) is 0. The van der Waals surface area contributed by atoms with Crippen LogP contribution < -0.4 is 4.90 Å². The number of fused-ring (bicyclic) bond motifs is 6. The lowest BCUT2D eigenvalue weighted by molar-refractivity contribution is 1.18. The molecule has 0 aliphatic rings. The van der Waals surface area contributed by atoms with Gasteiger partial charge in [-0.25, -0.2) is 0 Å². The van der Waals surface area contributed by atoms with Gasteiger partial charge >= 0.3 is 0 Å². The summed E-state index contributed by atoms with van der Waals surface area (Å²) in [6, 6.07) is 74.7. The van der Waals surface area contributed by atoms with Crippen LogP contribution in [-0.4, -0.2) is 4.57 Å². The molecule has 0 aliphatic carbocycles. The van der Waals surface area contributed by atoms with Crippen molar-refractivity contribution < 1.29 is 0 Å². The van der Waals surface area contributed by atoms with Crippen molar-refractivity contribution in [2.24, 2.45) is 0 Å². The van der Waals surface area contributed by atoms with E-state index < -0.39 is 0 Å². The molecular formula is C50H34N2. The molecule has 0 bridgehead atoms. The molecule has 52 heavy (non-hydrogen) atoms. The second-order valence-corrected chi connectivity index (χ2v) is 13.3. The molecule has 0 spiro atoms. The standard InChI is InChI=1S/C50H34N2/c1-3-18-37(19-4-1)51(38-20-5-2-6-21-38)50-32-31-36(34-46(50)45-33-35-17-7-8-22-39(35)41-24-9-10-25-42(41)45)40-23-11-14-28-47(40)52-48-29-15-12-26-43(48)44-27-13-16-30-49(44)52/h1-34H. The summed E-state index contributed by atoms with van der Waals surface area (Å²) in [5.41, 5.74) is 11.6. The van der Waals surface area contributed by atoms with Gasteiger partial charge < -0.3 is 9.47 Å². The first-order chi connectivity index (χ1) is 25.8. The van der Waals surface area contributed by atoms with Gasteiger partial charge in [0.1, 0.15) is 0 Å². The average Bonchev–Trinajstić information content (AvgIpc) is 3.56. The number of aromatic nitrogens is 1. The number of rotatable bonds is 6. The number of nitrogens with zero attached hydrogens (tertiary/aromatic N) is 2. The van der Waals surface area contributed by atoms with Crippen LogP contribution in [-0.2, 0) is 0 Å². The molecular weight excluding hydrogens is 629 g/mol. The Hall–Kier alpha value is -6.90. The Bertz CT molecular complexity index is 2810. The van der Waals surface area contributed by atoms with E-state index in [9.17, 15) is 0 Å². The van der Waals surface area contributed by atoms with Crippen molar-refractivity contribution >= 4 is 60.4 Å². The third kappa shape index (κ3) is 4.88.